The molecule has 0 heterocycles. The van der Waals surface area contributed by atoms with Crippen molar-refractivity contribution in [1.82, 2.24) is 5.01 Å². The Balaban J connectivity index is 0. The van der Waals surface area contributed by atoms with Crippen molar-refractivity contribution in [2.24, 2.45) is 5.10 Å². The number of aliphatic carboxylic acids is 1. The number of hydrogen-bond donors (Lipinski definition) is 1. The Bertz CT molecular complexity index is 167. The summed E-state index contributed by atoms with van der Waals surface area (Å²) in [6, 6.07) is 0. The summed E-state index contributed by atoms with van der Waals surface area (Å²) in [5, 5.41) is 13.6. The van der Waals surface area contributed by atoms with Gasteiger partial charge in [-0.15, -0.1) is 0 Å². The Labute approximate surface area is 79.6 Å². The van der Waals surface area contributed by atoms with Crippen LogP contribution in [0.1, 0.15) is 20.8 Å². The van der Waals surface area contributed by atoms with Gasteiger partial charge in [-0.2, -0.15) is 5.10 Å². The van der Waals surface area contributed by atoms with Crippen LogP contribution in [0.15, 0.2) is 17.8 Å². The zero-order valence-corrected chi connectivity index (χ0v) is 8.53. The van der Waals surface area contributed by atoms with Crippen molar-refractivity contribution in [3.05, 3.63) is 12.7 Å². The minimum absolute atomic E-state index is 0.0686. The third-order valence-electron chi connectivity index (χ3n) is 1.02. The molecule has 0 aliphatic carbocycles. The van der Waals surface area contributed by atoms with Crippen LogP contribution in [0.5, 0.6) is 0 Å². The molecule has 76 valence electrons. The number of likely N-dealkylation sites (N-methyl/N-ethyl adjacent to an activating group) is 1. The van der Waals surface area contributed by atoms with Gasteiger partial charge >= 0.3 is 5.97 Å². The maximum Gasteiger partial charge on any atom is 0.324 e. The molecule has 0 fully saturated rings. The van der Waals surface area contributed by atoms with Crippen molar-refractivity contribution in [3.8, 4) is 0 Å². The van der Waals surface area contributed by atoms with Gasteiger partial charge in [0.1, 0.15) is 6.54 Å². The lowest BCUT2D eigenvalue weighted by Crippen LogP contribution is -2.24. The lowest BCUT2D eigenvalue weighted by atomic mass is 10.6. The van der Waals surface area contributed by atoms with E-state index in [2.05, 4.69) is 11.7 Å². The van der Waals surface area contributed by atoms with Gasteiger partial charge in [0.25, 0.3) is 0 Å². The molecule has 0 rings (SSSR count). The van der Waals surface area contributed by atoms with Crippen molar-refractivity contribution >= 4 is 12.2 Å². The molecule has 0 amide bonds. The Morgan fingerprint density at radius 3 is 2.46 bits per heavy atom. The van der Waals surface area contributed by atoms with Gasteiger partial charge in [-0.05, 0) is 13.0 Å². The van der Waals surface area contributed by atoms with E-state index in [1.807, 2.05) is 20.8 Å². The minimum Gasteiger partial charge on any atom is -0.480 e. The normalized spacial score (nSPS) is 8.85. The monoisotopic (exact) mass is 186 g/mol. The molecule has 0 radical (unpaired) electrons. The van der Waals surface area contributed by atoms with Crippen LogP contribution in [0.2, 0.25) is 0 Å². The molecule has 0 aromatic rings. The molecule has 0 saturated carbocycles. The first-order valence-electron chi connectivity index (χ1n) is 4.32. The third kappa shape index (κ3) is 10.7. The number of carboxylic acids is 1. The van der Waals surface area contributed by atoms with Crippen LogP contribution in [-0.4, -0.2) is 35.4 Å². The SMILES string of the molecule is C=C/C=N\N(CC)CC(=O)O.CC. The van der Waals surface area contributed by atoms with Crippen molar-refractivity contribution in [2.75, 3.05) is 13.1 Å². The summed E-state index contributed by atoms with van der Waals surface area (Å²) in [6.45, 7) is 9.77. The van der Waals surface area contributed by atoms with Crippen LogP contribution in [0, 0.1) is 0 Å². The van der Waals surface area contributed by atoms with E-state index in [0.717, 1.165) is 0 Å². The van der Waals surface area contributed by atoms with E-state index in [1.54, 1.807) is 0 Å². The number of allylic oxidation sites excluding steroid dienone is 1. The van der Waals surface area contributed by atoms with Gasteiger partial charge in [0.05, 0.1) is 0 Å². The summed E-state index contributed by atoms with van der Waals surface area (Å²) >= 11 is 0. The van der Waals surface area contributed by atoms with Gasteiger partial charge in [0.2, 0.25) is 0 Å². The molecule has 1 N–H and O–H groups in total. The Morgan fingerprint density at radius 1 is 1.62 bits per heavy atom. The molecule has 0 atom stereocenters. The fraction of sp³-hybridized carbons (Fsp3) is 0.556. The first kappa shape index (κ1) is 14.2. The molecule has 0 aromatic carbocycles. The van der Waals surface area contributed by atoms with E-state index < -0.39 is 5.97 Å². The average Bonchev–Trinajstić information content (AvgIpc) is 2.15. The molecule has 0 saturated heterocycles. The third-order valence-corrected chi connectivity index (χ3v) is 1.02. The first-order valence-corrected chi connectivity index (χ1v) is 4.32. The molecule has 0 spiro atoms. The number of carbonyl (C=O) groups is 1. The average molecular weight is 186 g/mol. The summed E-state index contributed by atoms with van der Waals surface area (Å²) in [5.74, 6) is -0.881. The first-order chi connectivity index (χ1) is 6.20. The molecule has 0 aliphatic rings. The highest BCUT2D eigenvalue weighted by atomic mass is 16.4. The van der Waals surface area contributed by atoms with Gasteiger partial charge in [0.15, 0.2) is 0 Å². The highest BCUT2D eigenvalue weighted by molar-refractivity contribution is 5.71. The van der Waals surface area contributed by atoms with E-state index in [0.29, 0.717) is 6.54 Å². The van der Waals surface area contributed by atoms with Crippen molar-refractivity contribution < 1.29 is 9.90 Å². The van der Waals surface area contributed by atoms with Crippen molar-refractivity contribution in [3.63, 3.8) is 0 Å². The zero-order valence-electron chi connectivity index (χ0n) is 8.53. The maximum atomic E-state index is 10.2. The second kappa shape index (κ2) is 10.7. The molecule has 4 nitrogen and oxygen atoms in total. The zero-order chi connectivity index (χ0) is 10.7. The van der Waals surface area contributed by atoms with Gasteiger partial charge in [-0.1, -0.05) is 20.4 Å². The second-order valence-corrected chi connectivity index (χ2v) is 1.87. The van der Waals surface area contributed by atoms with E-state index in [4.69, 9.17) is 5.11 Å². The summed E-state index contributed by atoms with van der Waals surface area (Å²) in [4.78, 5) is 10.2. The van der Waals surface area contributed by atoms with Gasteiger partial charge in [-0.25, -0.2) is 0 Å². The lowest BCUT2D eigenvalue weighted by molar-refractivity contribution is -0.138. The highest BCUT2D eigenvalue weighted by Crippen LogP contribution is 1.86. The fourth-order valence-electron chi connectivity index (χ4n) is 0.532. The fourth-order valence-corrected chi connectivity index (χ4v) is 0.532. The Kier molecular flexibility index (Phi) is 11.7. The van der Waals surface area contributed by atoms with E-state index in [-0.39, 0.29) is 6.54 Å². The van der Waals surface area contributed by atoms with E-state index in [1.165, 1.54) is 17.3 Å². The quantitative estimate of drug-likeness (QED) is 0.524. The number of hydrogen-bond acceptors (Lipinski definition) is 3. The molecule has 13 heavy (non-hydrogen) atoms. The molecule has 4 heteroatoms. The van der Waals surface area contributed by atoms with E-state index in [9.17, 15) is 4.79 Å². The number of hydrazone groups is 1. The molecule has 0 unspecified atom stereocenters. The van der Waals surface area contributed by atoms with Crippen molar-refractivity contribution in [2.45, 2.75) is 20.8 Å². The Morgan fingerprint density at radius 2 is 2.15 bits per heavy atom. The smallest absolute Gasteiger partial charge is 0.324 e. The lowest BCUT2D eigenvalue weighted by Gasteiger charge is -2.12. The number of nitrogens with zero attached hydrogens (tertiary/aromatic N) is 2. The molecule has 0 bridgehead atoms. The van der Waals surface area contributed by atoms with Crippen LogP contribution >= 0.6 is 0 Å². The van der Waals surface area contributed by atoms with Gasteiger partial charge in [-0.3, -0.25) is 9.80 Å². The summed E-state index contributed by atoms with van der Waals surface area (Å²) in [5.41, 5.74) is 0. The largest absolute Gasteiger partial charge is 0.480 e. The molecular formula is C9H18N2O2. The number of carboxylic acid groups (broad SMARTS) is 1. The standard InChI is InChI=1S/C7H12N2O2.C2H6/c1-3-5-8-9(4-2)6-7(10)11;1-2/h3,5H,1,4,6H2,2H3,(H,10,11);1-2H3/b8-5-;. The maximum absolute atomic E-state index is 10.2. The predicted octanol–water partition coefficient (Wildman–Crippen LogP) is 1.59. The van der Waals surface area contributed by atoms with Crippen LogP contribution in [0.3, 0.4) is 0 Å². The topological polar surface area (TPSA) is 52.9 Å². The minimum atomic E-state index is -0.881. The number of rotatable bonds is 5. The van der Waals surface area contributed by atoms with Crippen LogP contribution in [-0.2, 0) is 4.79 Å². The van der Waals surface area contributed by atoms with Crippen molar-refractivity contribution in [1.29, 1.82) is 0 Å². The van der Waals surface area contributed by atoms with Crippen LogP contribution < -0.4 is 0 Å². The van der Waals surface area contributed by atoms with Crippen LogP contribution in [0.25, 0.3) is 0 Å². The van der Waals surface area contributed by atoms with Gasteiger partial charge in [0, 0.05) is 12.8 Å². The second-order valence-electron chi connectivity index (χ2n) is 1.87. The molecular weight excluding hydrogens is 168 g/mol. The van der Waals surface area contributed by atoms with Gasteiger partial charge < -0.3 is 5.11 Å². The molecule has 0 aromatic heterocycles. The van der Waals surface area contributed by atoms with E-state index >= 15 is 0 Å². The van der Waals surface area contributed by atoms with Crippen LogP contribution in [0.4, 0.5) is 0 Å². The summed E-state index contributed by atoms with van der Waals surface area (Å²) < 4.78 is 0. The summed E-state index contributed by atoms with van der Waals surface area (Å²) in [7, 11) is 0. The molecule has 0 aliphatic heterocycles. The summed E-state index contributed by atoms with van der Waals surface area (Å²) in [6.07, 6.45) is 2.97. The predicted molar refractivity (Wildman–Crippen MR) is 54.9 cm³/mol. The Hall–Kier alpha value is -1.32. The highest BCUT2D eigenvalue weighted by Gasteiger charge is 2.01.